The predicted octanol–water partition coefficient (Wildman–Crippen LogP) is 5.70. The quantitative estimate of drug-likeness (QED) is 0.124. The third kappa shape index (κ3) is 3.93. The molecule has 0 saturated carbocycles. The SMILES string of the molecule is CCc1ccc2nc(N3C(=O)C(=O)/C(=C(/O)c4ccc(C)cc4)[C@H]3c3cccc([N+](=O)[O-])c3)sc2c1. The van der Waals surface area contributed by atoms with Crippen molar-refractivity contribution in [1.82, 2.24) is 4.98 Å². The van der Waals surface area contributed by atoms with E-state index in [0.717, 1.165) is 22.2 Å². The second kappa shape index (κ2) is 9.01. The Kier molecular flexibility index (Phi) is 5.85. The number of carbonyl (C=O) groups excluding carboxylic acids is 2. The molecule has 3 aromatic carbocycles. The maximum absolute atomic E-state index is 13.4. The predicted molar refractivity (Wildman–Crippen MR) is 138 cm³/mol. The minimum absolute atomic E-state index is 0.141. The van der Waals surface area contributed by atoms with Gasteiger partial charge in [-0.1, -0.05) is 66.3 Å². The summed E-state index contributed by atoms with van der Waals surface area (Å²) >= 11 is 1.25. The molecule has 8 nitrogen and oxygen atoms in total. The van der Waals surface area contributed by atoms with Crippen molar-refractivity contribution in [2.45, 2.75) is 26.3 Å². The molecule has 2 heterocycles. The number of aliphatic hydroxyl groups excluding tert-OH is 1. The fourth-order valence-corrected chi connectivity index (χ4v) is 5.36. The Bertz CT molecular complexity index is 1570. The molecular weight excluding hydrogens is 478 g/mol. The molecule has 5 rings (SSSR count). The molecule has 180 valence electrons. The van der Waals surface area contributed by atoms with Crippen molar-refractivity contribution in [3.8, 4) is 0 Å². The fraction of sp³-hybridized carbons (Fsp3) is 0.148. The molecule has 0 radical (unpaired) electrons. The van der Waals surface area contributed by atoms with Crippen LogP contribution in [0.3, 0.4) is 0 Å². The van der Waals surface area contributed by atoms with Crippen molar-refractivity contribution in [3.63, 3.8) is 0 Å². The van der Waals surface area contributed by atoms with Crippen LogP contribution in [0.5, 0.6) is 0 Å². The molecule has 1 aromatic heterocycles. The number of anilines is 1. The van der Waals surface area contributed by atoms with Crippen molar-refractivity contribution in [1.29, 1.82) is 0 Å². The zero-order valence-electron chi connectivity index (χ0n) is 19.5. The van der Waals surface area contributed by atoms with Crippen molar-refractivity contribution < 1.29 is 19.6 Å². The van der Waals surface area contributed by atoms with Crippen molar-refractivity contribution >= 4 is 49.8 Å². The molecular formula is C27H21N3O5S. The molecule has 9 heteroatoms. The first-order chi connectivity index (χ1) is 17.3. The Morgan fingerprint density at radius 2 is 1.86 bits per heavy atom. The van der Waals surface area contributed by atoms with Crippen LogP contribution >= 0.6 is 11.3 Å². The first-order valence-corrected chi connectivity index (χ1v) is 12.1. The van der Waals surface area contributed by atoms with E-state index in [1.165, 1.54) is 34.4 Å². The van der Waals surface area contributed by atoms with Gasteiger partial charge in [0, 0.05) is 17.7 Å². The number of hydrogen-bond acceptors (Lipinski definition) is 7. The molecule has 0 spiro atoms. The van der Waals surface area contributed by atoms with Crippen LogP contribution in [-0.2, 0) is 16.0 Å². The van der Waals surface area contributed by atoms with Crippen LogP contribution in [0.25, 0.3) is 16.0 Å². The van der Waals surface area contributed by atoms with Crippen LogP contribution in [0.2, 0.25) is 0 Å². The van der Waals surface area contributed by atoms with Crippen LogP contribution in [0.15, 0.2) is 72.3 Å². The van der Waals surface area contributed by atoms with Crippen molar-refractivity contribution in [2.75, 3.05) is 4.90 Å². The lowest BCUT2D eigenvalue weighted by molar-refractivity contribution is -0.384. The summed E-state index contributed by atoms with van der Waals surface area (Å²) in [4.78, 5) is 43.5. The van der Waals surface area contributed by atoms with Gasteiger partial charge in [-0.05, 0) is 36.6 Å². The summed E-state index contributed by atoms with van der Waals surface area (Å²) in [7, 11) is 0. The Morgan fingerprint density at radius 3 is 2.56 bits per heavy atom. The van der Waals surface area contributed by atoms with E-state index >= 15 is 0 Å². The minimum atomic E-state index is -1.09. The largest absolute Gasteiger partial charge is 0.507 e. The number of ketones is 1. The standard InChI is InChI=1S/C27H21N3O5S/c1-3-16-9-12-20-21(13-16)36-27(28-20)29-23(18-5-4-6-19(14-18)30(34)35)22(25(32)26(29)33)24(31)17-10-7-15(2)8-11-17/h4-14,23,31H,3H2,1-2H3/b24-22+/t23-/m1/s1. The van der Waals surface area contributed by atoms with Crippen LogP contribution < -0.4 is 4.90 Å². The smallest absolute Gasteiger partial charge is 0.301 e. The lowest BCUT2D eigenvalue weighted by Gasteiger charge is -2.22. The number of benzene rings is 3. The molecule has 0 unspecified atom stereocenters. The zero-order chi connectivity index (χ0) is 25.6. The Morgan fingerprint density at radius 1 is 1.11 bits per heavy atom. The van der Waals surface area contributed by atoms with Gasteiger partial charge in [0.2, 0.25) is 0 Å². The van der Waals surface area contributed by atoms with Crippen LogP contribution in [0, 0.1) is 17.0 Å². The number of hydrogen-bond donors (Lipinski definition) is 1. The third-order valence-electron chi connectivity index (χ3n) is 6.22. The molecule has 0 aliphatic carbocycles. The summed E-state index contributed by atoms with van der Waals surface area (Å²) in [5.41, 5.74) is 3.10. The van der Waals surface area contributed by atoms with Gasteiger partial charge in [-0.3, -0.25) is 24.6 Å². The number of amides is 1. The third-order valence-corrected chi connectivity index (χ3v) is 7.24. The summed E-state index contributed by atoms with van der Waals surface area (Å²) in [6.07, 6.45) is 0.831. The van der Waals surface area contributed by atoms with Crippen LogP contribution in [0.1, 0.15) is 35.2 Å². The van der Waals surface area contributed by atoms with E-state index in [0.29, 0.717) is 16.6 Å². The highest BCUT2D eigenvalue weighted by atomic mass is 32.1. The fourth-order valence-electron chi connectivity index (χ4n) is 4.30. The van der Waals surface area contributed by atoms with Gasteiger partial charge in [-0.15, -0.1) is 0 Å². The van der Waals surface area contributed by atoms with Gasteiger partial charge in [0.05, 0.1) is 26.8 Å². The van der Waals surface area contributed by atoms with Gasteiger partial charge in [-0.25, -0.2) is 4.98 Å². The first kappa shape index (κ1) is 23.4. The number of nitro groups is 1. The minimum Gasteiger partial charge on any atom is -0.507 e. The van der Waals surface area contributed by atoms with Gasteiger partial charge < -0.3 is 5.11 Å². The molecule has 1 saturated heterocycles. The number of carbonyl (C=O) groups is 2. The zero-order valence-corrected chi connectivity index (χ0v) is 20.3. The molecule has 1 N–H and O–H groups in total. The Hall–Kier alpha value is -4.37. The molecule has 1 aliphatic rings. The molecule has 1 aliphatic heterocycles. The van der Waals surface area contributed by atoms with E-state index in [1.54, 1.807) is 30.3 Å². The molecule has 1 atom stereocenters. The second-order valence-electron chi connectivity index (χ2n) is 8.54. The number of fused-ring (bicyclic) bond motifs is 1. The highest BCUT2D eigenvalue weighted by Crippen LogP contribution is 2.44. The Labute approximate surface area is 210 Å². The first-order valence-electron chi connectivity index (χ1n) is 11.3. The highest BCUT2D eigenvalue weighted by molar-refractivity contribution is 7.22. The summed E-state index contributed by atoms with van der Waals surface area (Å²) in [5, 5.41) is 23.0. The van der Waals surface area contributed by atoms with Crippen molar-refractivity contribution in [3.05, 3.63) is 105 Å². The number of rotatable bonds is 5. The van der Waals surface area contributed by atoms with E-state index in [4.69, 9.17) is 0 Å². The number of aliphatic hydroxyl groups is 1. The van der Waals surface area contributed by atoms with E-state index in [-0.39, 0.29) is 22.2 Å². The van der Waals surface area contributed by atoms with Gasteiger partial charge >= 0.3 is 5.91 Å². The summed E-state index contributed by atoms with van der Waals surface area (Å²) < 4.78 is 0.850. The Balaban J connectivity index is 1.74. The number of Topliss-reactive ketones (excluding diaryl/α,β-unsaturated/α-hetero) is 1. The maximum atomic E-state index is 13.4. The van der Waals surface area contributed by atoms with E-state index < -0.39 is 22.7 Å². The van der Waals surface area contributed by atoms with Gasteiger partial charge in [0.25, 0.3) is 11.5 Å². The summed E-state index contributed by atoms with van der Waals surface area (Å²) in [6, 6.07) is 17.3. The number of nitro benzene ring substituents is 1. The average Bonchev–Trinajstić information content (AvgIpc) is 3.41. The average molecular weight is 500 g/mol. The number of nitrogens with zero attached hydrogens (tertiary/aromatic N) is 3. The van der Waals surface area contributed by atoms with Crippen LogP contribution in [-0.4, -0.2) is 26.7 Å². The van der Waals surface area contributed by atoms with Gasteiger partial charge in [0.1, 0.15) is 5.76 Å². The van der Waals surface area contributed by atoms with E-state index in [2.05, 4.69) is 4.98 Å². The molecule has 1 amide bonds. The summed E-state index contributed by atoms with van der Waals surface area (Å²) in [5.74, 6) is -2.07. The summed E-state index contributed by atoms with van der Waals surface area (Å²) in [6.45, 7) is 3.93. The lowest BCUT2D eigenvalue weighted by Crippen LogP contribution is -2.29. The second-order valence-corrected chi connectivity index (χ2v) is 9.55. The molecule has 0 bridgehead atoms. The normalized spacial score (nSPS) is 17.2. The topological polar surface area (TPSA) is 114 Å². The van der Waals surface area contributed by atoms with Gasteiger partial charge in [0.15, 0.2) is 5.13 Å². The number of aryl methyl sites for hydroxylation is 2. The van der Waals surface area contributed by atoms with Gasteiger partial charge in [-0.2, -0.15) is 0 Å². The molecule has 1 fully saturated rings. The van der Waals surface area contributed by atoms with E-state index in [1.807, 2.05) is 32.0 Å². The number of thiazole rings is 1. The highest BCUT2D eigenvalue weighted by Gasteiger charge is 2.48. The lowest BCUT2D eigenvalue weighted by atomic mass is 9.95. The molecule has 36 heavy (non-hydrogen) atoms. The number of aromatic nitrogens is 1. The number of non-ortho nitro benzene ring substituents is 1. The monoisotopic (exact) mass is 499 g/mol. The van der Waals surface area contributed by atoms with E-state index in [9.17, 15) is 24.8 Å². The maximum Gasteiger partial charge on any atom is 0.301 e. The van der Waals surface area contributed by atoms with Crippen molar-refractivity contribution in [2.24, 2.45) is 0 Å². The molecule has 4 aromatic rings. The van der Waals surface area contributed by atoms with Crippen LogP contribution in [0.4, 0.5) is 10.8 Å².